The molecule has 0 radical (unpaired) electrons. The van der Waals surface area contributed by atoms with Crippen LogP contribution < -0.4 is 5.73 Å². The summed E-state index contributed by atoms with van der Waals surface area (Å²) < 4.78 is 14.4. The van der Waals surface area contributed by atoms with Gasteiger partial charge in [-0.1, -0.05) is 12.1 Å². The van der Waals surface area contributed by atoms with Crippen LogP contribution in [0.5, 0.6) is 0 Å². The van der Waals surface area contributed by atoms with Gasteiger partial charge >= 0.3 is 5.69 Å². The van der Waals surface area contributed by atoms with Crippen LogP contribution >= 0.6 is 0 Å². The van der Waals surface area contributed by atoms with Gasteiger partial charge in [-0.05, 0) is 24.1 Å². The predicted octanol–water partition coefficient (Wildman–Crippen LogP) is 1.87. The molecule has 0 aliphatic rings. The molecule has 0 bridgehead atoms. The second kappa shape index (κ2) is 4.44. The van der Waals surface area contributed by atoms with E-state index in [-0.39, 0.29) is 23.9 Å². The van der Waals surface area contributed by atoms with Gasteiger partial charge in [0.25, 0.3) is 0 Å². The van der Waals surface area contributed by atoms with Crippen molar-refractivity contribution in [1.29, 1.82) is 0 Å². The number of hydrogen-bond donors (Lipinski definition) is 1. The van der Waals surface area contributed by atoms with Gasteiger partial charge < -0.3 is 5.73 Å². The number of aryl methyl sites for hydroxylation is 1. The number of benzene rings is 1. The number of hydrogen-bond acceptors (Lipinski definition) is 4. The van der Waals surface area contributed by atoms with E-state index in [2.05, 4.69) is 5.10 Å². The van der Waals surface area contributed by atoms with Gasteiger partial charge in [0, 0.05) is 0 Å². The Morgan fingerprint density at radius 1 is 1.56 bits per heavy atom. The fraction of sp³-hybridized carbons (Fsp3) is 0.182. The fourth-order valence-corrected chi connectivity index (χ4v) is 1.63. The lowest BCUT2D eigenvalue weighted by Crippen LogP contribution is -2.07. The second-order valence-corrected chi connectivity index (χ2v) is 3.91. The van der Waals surface area contributed by atoms with E-state index in [4.69, 9.17) is 5.73 Å². The Morgan fingerprint density at radius 2 is 2.28 bits per heavy atom. The molecule has 0 atom stereocenters. The van der Waals surface area contributed by atoms with E-state index in [0.717, 1.165) is 11.8 Å². The highest BCUT2D eigenvalue weighted by atomic mass is 19.1. The van der Waals surface area contributed by atoms with Crippen molar-refractivity contribution in [3.8, 4) is 0 Å². The lowest BCUT2D eigenvalue weighted by molar-refractivity contribution is -0.384. The van der Waals surface area contributed by atoms with Crippen LogP contribution in [0.4, 0.5) is 15.9 Å². The molecule has 0 aliphatic carbocycles. The van der Waals surface area contributed by atoms with Crippen LogP contribution in [-0.4, -0.2) is 14.7 Å². The van der Waals surface area contributed by atoms with Crippen LogP contribution in [-0.2, 0) is 6.54 Å². The molecule has 0 amide bonds. The molecular weight excluding hydrogens is 239 g/mol. The van der Waals surface area contributed by atoms with Crippen molar-refractivity contribution < 1.29 is 9.31 Å². The van der Waals surface area contributed by atoms with E-state index in [1.807, 2.05) is 0 Å². The molecule has 7 heteroatoms. The molecule has 94 valence electrons. The largest absolute Gasteiger partial charge is 0.378 e. The van der Waals surface area contributed by atoms with Gasteiger partial charge in [-0.3, -0.25) is 10.1 Å². The van der Waals surface area contributed by atoms with Crippen LogP contribution in [0.15, 0.2) is 24.4 Å². The van der Waals surface area contributed by atoms with Crippen molar-refractivity contribution >= 4 is 11.5 Å². The van der Waals surface area contributed by atoms with Gasteiger partial charge in [0.15, 0.2) is 0 Å². The summed E-state index contributed by atoms with van der Waals surface area (Å²) in [4.78, 5) is 10.0. The number of anilines is 1. The highest BCUT2D eigenvalue weighted by molar-refractivity contribution is 5.51. The number of halogens is 1. The molecule has 2 aromatic rings. The molecule has 0 saturated heterocycles. The van der Waals surface area contributed by atoms with E-state index in [9.17, 15) is 14.5 Å². The van der Waals surface area contributed by atoms with Crippen molar-refractivity contribution in [1.82, 2.24) is 9.78 Å². The Balaban J connectivity index is 2.29. The minimum absolute atomic E-state index is 0.0121. The third-order valence-electron chi connectivity index (χ3n) is 2.61. The summed E-state index contributed by atoms with van der Waals surface area (Å²) in [6, 6.07) is 4.59. The number of aromatic nitrogens is 2. The maximum absolute atomic E-state index is 13.1. The average Bonchev–Trinajstić information content (AvgIpc) is 2.66. The smallest absolute Gasteiger partial charge is 0.330 e. The SMILES string of the molecule is Cc1cc(Cn2ncc([N+](=O)[O-])c2N)ccc1F. The molecule has 1 aromatic carbocycles. The summed E-state index contributed by atoms with van der Waals surface area (Å²) in [5.74, 6) is -0.305. The first-order valence-corrected chi connectivity index (χ1v) is 5.19. The van der Waals surface area contributed by atoms with Gasteiger partial charge in [0.1, 0.15) is 12.0 Å². The maximum Gasteiger partial charge on any atom is 0.330 e. The maximum atomic E-state index is 13.1. The first-order chi connectivity index (χ1) is 8.49. The first kappa shape index (κ1) is 12.0. The monoisotopic (exact) mass is 250 g/mol. The molecule has 6 nitrogen and oxygen atoms in total. The van der Waals surface area contributed by atoms with Crippen molar-refractivity contribution in [2.24, 2.45) is 0 Å². The molecule has 18 heavy (non-hydrogen) atoms. The molecule has 0 fully saturated rings. The molecular formula is C11H11FN4O2. The van der Waals surface area contributed by atoms with Crippen LogP contribution in [0.2, 0.25) is 0 Å². The summed E-state index contributed by atoms with van der Waals surface area (Å²) in [6.45, 7) is 1.91. The summed E-state index contributed by atoms with van der Waals surface area (Å²) >= 11 is 0. The first-order valence-electron chi connectivity index (χ1n) is 5.19. The highest BCUT2D eigenvalue weighted by Crippen LogP contribution is 2.21. The van der Waals surface area contributed by atoms with E-state index < -0.39 is 4.92 Å². The Bertz CT molecular complexity index is 609. The third kappa shape index (κ3) is 2.15. The molecule has 0 saturated carbocycles. The molecule has 0 unspecified atom stereocenters. The summed E-state index contributed by atoms with van der Waals surface area (Å²) in [5, 5.41) is 14.4. The molecule has 1 aromatic heterocycles. The molecule has 2 N–H and O–H groups in total. The summed E-state index contributed by atoms with van der Waals surface area (Å²) in [6.07, 6.45) is 1.10. The van der Waals surface area contributed by atoms with Crippen LogP contribution in [0, 0.1) is 22.9 Å². The predicted molar refractivity (Wildman–Crippen MR) is 63.5 cm³/mol. The quantitative estimate of drug-likeness (QED) is 0.665. The Hall–Kier alpha value is -2.44. The van der Waals surface area contributed by atoms with Crippen LogP contribution in [0.25, 0.3) is 0 Å². The lowest BCUT2D eigenvalue weighted by atomic mass is 10.1. The Kier molecular flexibility index (Phi) is 2.97. The standard InChI is InChI=1S/C11H11FN4O2/c1-7-4-8(2-3-9(7)12)6-15-11(13)10(5-14-15)16(17)18/h2-5H,6,13H2,1H3. The van der Waals surface area contributed by atoms with E-state index >= 15 is 0 Å². The van der Waals surface area contributed by atoms with Gasteiger partial charge in [0.2, 0.25) is 5.82 Å². The van der Waals surface area contributed by atoms with Gasteiger partial charge in [-0.25, -0.2) is 9.07 Å². The number of nitrogens with zero attached hydrogens (tertiary/aromatic N) is 3. The lowest BCUT2D eigenvalue weighted by Gasteiger charge is -2.05. The number of nitrogens with two attached hydrogens (primary N) is 1. The zero-order valence-electron chi connectivity index (χ0n) is 9.63. The summed E-state index contributed by atoms with van der Waals surface area (Å²) in [7, 11) is 0. The zero-order valence-corrected chi connectivity index (χ0v) is 9.63. The van der Waals surface area contributed by atoms with Crippen molar-refractivity contribution in [3.63, 3.8) is 0 Å². The second-order valence-electron chi connectivity index (χ2n) is 3.91. The number of nitrogen functional groups attached to an aromatic ring is 1. The van der Waals surface area contributed by atoms with E-state index in [1.54, 1.807) is 19.1 Å². The third-order valence-corrected chi connectivity index (χ3v) is 2.61. The zero-order chi connectivity index (χ0) is 13.3. The summed E-state index contributed by atoms with van der Waals surface area (Å²) in [5.41, 5.74) is 6.66. The molecule has 1 heterocycles. The van der Waals surface area contributed by atoms with Gasteiger partial charge in [-0.15, -0.1) is 0 Å². The average molecular weight is 250 g/mol. The minimum Gasteiger partial charge on any atom is -0.378 e. The number of nitro groups is 1. The van der Waals surface area contributed by atoms with E-state index in [0.29, 0.717) is 5.56 Å². The fourth-order valence-electron chi connectivity index (χ4n) is 1.63. The van der Waals surface area contributed by atoms with Crippen molar-refractivity contribution in [3.05, 3.63) is 51.5 Å². The molecule has 0 aliphatic heterocycles. The van der Waals surface area contributed by atoms with Crippen LogP contribution in [0.1, 0.15) is 11.1 Å². The Morgan fingerprint density at radius 3 is 2.83 bits per heavy atom. The molecule has 2 rings (SSSR count). The number of rotatable bonds is 3. The normalized spacial score (nSPS) is 10.6. The Labute approximate surface area is 102 Å². The highest BCUT2D eigenvalue weighted by Gasteiger charge is 2.17. The van der Waals surface area contributed by atoms with Crippen molar-refractivity contribution in [2.45, 2.75) is 13.5 Å². The van der Waals surface area contributed by atoms with Crippen molar-refractivity contribution in [2.75, 3.05) is 5.73 Å². The minimum atomic E-state index is -0.589. The van der Waals surface area contributed by atoms with Crippen LogP contribution in [0.3, 0.4) is 0 Å². The topological polar surface area (TPSA) is 87.0 Å². The van der Waals surface area contributed by atoms with E-state index in [1.165, 1.54) is 10.7 Å². The molecule has 0 spiro atoms. The van der Waals surface area contributed by atoms with Gasteiger partial charge in [-0.2, -0.15) is 5.10 Å². The van der Waals surface area contributed by atoms with Gasteiger partial charge in [0.05, 0.1) is 11.5 Å².